The zero-order valence-electron chi connectivity index (χ0n) is 11.8. The van der Waals surface area contributed by atoms with Crippen molar-refractivity contribution in [1.82, 2.24) is 4.98 Å². The molecule has 0 aromatic carbocycles. The number of hydrogen-bond donors (Lipinski definition) is 1. The lowest BCUT2D eigenvalue weighted by atomic mass is 10.2. The Morgan fingerprint density at radius 3 is 2.63 bits per heavy atom. The van der Waals surface area contributed by atoms with Gasteiger partial charge in [-0.05, 0) is 25.8 Å². The maximum Gasteiger partial charge on any atom is 0.290 e. The summed E-state index contributed by atoms with van der Waals surface area (Å²) in [6.07, 6.45) is 1.28. The minimum Gasteiger partial charge on any atom is -0.379 e. The van der Waals surface area contributed by atoms with Crippen LogP contribution in [0.5, 0.6) is 0 Å². The van der Waals surface area contributed by atoms with Crippen molar-refractivity contribution >= 4 is 11.5 Å². The molecule has 1 N–H and O–H groups in total. The topological polar surface area (TPSA) is 77.3 Å². The summed E-state index contributed by atoms with van der Waals surface area (Å²) in [5.41, 5.74) is 0.632. The molecule has 1 unspecified atom stereocenters. The third-order valence-corrected chi connectivity index (χ3v) is 2.49. The maximum atomic E-state index is 10.7. The van der Waals surface area contributed by atoms with Crippen molar-refractivity contribution in [2.75, 3.05) is 18.5 Å². The van der Waals surface area contributed by atoms with Gasteiger partial charge in [-0.2, -0.15) is 0 Å². The Hall–Kier alpha value is -1.69. The number of anilines is 1. The van der Waals surface area contributed by atoms with E-state index < -0.39 is 4.92 Å². The number of aromatic nitrogens is 1. The molecule has 0 radical (unpaired) electrons. The summed E-state index contributed by atoms with van der Waals surface area (Å²) in [5, 5.41) is 13.8. The summed E-state index contributed by atoms with van der Waals surface area (Å²) < 4.78 is 5.52. The van der Waals surface area contributed by atoms with Gasteiger partial charge in [-0.3, -0.25) is 10.1 Å². The van der Waals surface area contributed by atoms with Crippen LogP contribution in [0.4, 0.5) is 11.5 Å². The Balaban J connectivity index is 2.53. The van der Waals surface area contributed by atoms with E-state index in [4.69, 9.17) is 4.74 Å². The molecule has 6 heteroatoms. The van der Waals surface area contributed by atoms with E-state index in [-0.39, 0.29) is 11.7 Å². The second kappa shape index (κ2) is 7.04. The van der Waals surface area contributed by atoms with E-state index in [1.165, 1.54) is 6.20 Å². The van der Waals surface area contributed by atoms with Crippen LogP contribution >= 0.6 is 0 Å². The van der Waals surface area contributed by atoms with Crippen LogP contribution in [0.15, 0.2) is 12.3 Å². The second-order valence-electron chi connectivity index (χ2n) is 5.09. The van der Waals surface area contributed by atoms with Gasteiger partial charge in [0.05, 0.1) is 11.5 Å². The van der Waals surface area contributed by atoms with Gasteiger partial charge in [-0.15, -0.1) is 0 Å². The summed E-state index contributed by atoms with van der Waals surface area (Å²) in [6, 6.07) is 1.78. The normalized spacial score (nSPS) is 12.5. The lowest BCUT2D eigenvalue weighted by molar-refractivity contribution is -0.385. The average Bonchev–Trinajstić information content (AvgIpc) is 2.27. The Morgan fingerprint density at radius 2 is 2.11 bits per heavy atom. The largest absolute Gasteiger partial charge is 0.379 e. The molecule has 0 saturated carbocycles. The molecule has 0 fully saturated rings. The first-order chi connectivity index (χ1) is 8.90. The van der Waals surface area contributed by atoms with Crippen molar-refractivity contribution in [3.05, 3.63) is 27.9 Å². The average molecular weight is 267 g/mol. The van der Waals surface area contributed by atoms with Gasteiger partial charge in [0.25, 0.3) is 5.69 Å². The molecular weight excluding hydrogens is 246 g/mol. The summed E-state index contributed by atoms with van der Waals surface area (Å²) in [5.74, 6) is 1.13. The number of pyridine rings is 1. The van der Waals surface area contributed by atoms with Crippen LogP contribution in [0.1, 0.15) is 26.3 Å². The van der Waals surface area contributed by atoms with Gasteiger partial charge in [-0.25, -0.2) is 4.98 Å². The second-order valence-corrected chi connectivity index (χ2v) is 5.09. The van der Waals surface area contributed by atoms with Gasteiger partial charge >= 0.3 is 0 Å². The summed E-state index contributed by atoms with van der Waals surface area (Å²) in [4.78, 5) is 14.3. The van der Waals surface area contributed by atoms with Crippen LogP contribution in [0.2, 0.25) is 0 Å². The van der Waals surface area contributed by atoms with E-state index in [1.807, 2.05) is 6.92 Å². The van der Waals surface area contributed by atoms with Crippen LogP contribution in [0.3, 0.4) is 0 Å². The molecule has 0 spiro atoms. The fraction of sp³-hybridized carbons (Fsp3) is 0.615. The molecule has 0 aliphatic rings. The highest BCUT2D eigenvalue weighted by atomic mass is 16.6. The monoisotopic (exact) mass is 267 g/mol. The predicted molar refractivity (Wildman–Crippen MR) is 74.4 cm³/mol. The first-order valence-corrected chi connectivity index (χ1v) is 6.35. The minimum atomic E-state index is -0.429. The SMILES string of the molecule is Cc1cc(NC(C)COCC(C)C)ncc1[N+](=O)[O-]. The summed E-state index contributed by atoms with van der Waals surface area (Å²) >= 11 is 0. The van der Waals surface area contributed by atoms with E-state index in [9.17, 15) is 10.1 Å². The smallest absolute Gasteiger partial charge is 0.290 e. The van der Waals surface area contributed by atoms with Gasteiger partial charge in [-0.1, -0.05) is 13.8 Å². The number of aryl methyl sites for hydroxylation is 1. The molecule has 0 aliphatic carbocycles. The zero-order valence-corrected chi connectivity index (χ0v) is 11.8. The van der Waals surface area contributed by atoms with Crippen molar-refractivity contribution in [3.63, 3.8) is 0 Å². The highest BCUT2D eigenvalue weighted by Crippen LogP contribution is 2.19. The molecule has 0 amide bonds. The summed E-state index contributed by atoms with van der Waals surface area (Å²) in [6.45, 7) is 9.18. The van der Waals surface area contributed by atoms with Crippen LogP contribution in [-0.4, -0.2) is 29.2 Å². The molecule has 1 atom stereocenters. The molecule has 1 aromatic rings. The van der Waals surface area contributed by atoms with Crippen molar-refractivity contribution in [2.45, 2.75) is 33.7 Å². The fourth-order valence-electron chi connectivity index (χ4n) is 1.59. The van der Waals surface area contributed by atoms with Crippen LogP contribution in [0, 0.1) is 23.0 Å². The van der Waals surface area contributed by atoms with E-state index >= 15 is 0 Å². The maximum absolute atomic E-state index is 10.7. The van der Waals surface area contributed by atoms with Gasteiger partial charge in [0.1, 0.15) is 12.0 Å². The molecule has 0 saturated heterocycles. The number of nitrogens with zero attached hydrogens (tertiary/aromatic N) is 2. The van der Waals surface area contributed by atoms with Crippen LogP contribution in [-0.2, 0) is 4.74 Å². The van der Waals surface area contributed by atoms with Crippen LogP contribution in [0.25, 0.3) is 0 Å². The first kappa shape index (κ1) is 15.4. The van der Waals surface area contributed by atoms with Gasteiger partial charge in [0.15, 0.2) is 0 Å². The standard InChI is InChI=1S/C13H21N3O3/c1-9(2)7-19-8-11(4)15-13-5-10(3)12(6-14-13)16(17)18/h5-6,9,11H,7-8H2,1-4H3,(H,14,15). The Morgan fingerprint density at radius 1 is 1.42 bits per heavy atom. The van der Waals surface area contributed by atoms with Crippen molar-refractivity contribution in [3.8, 4) is 0 Å². The lowest BCUT2D eigenvalue weighted by Gasteiger charge is -2.15. The van der Waals surface area contributed by atoms with E-state index in [1.54, 1.807) is 13.0 Å². The molecular formula is C13H21N3O3. The Kier molecular flexibility index (Phi) is 5.69. The lowest BCUT2D eigenvalue weighted by Crippen LogP contribution is -2.23. The number of nitrogens with one attached hydrogen (secondary N) is 1. The zero-order chi connectivity index (χ0) is 14.4. The van der Waals surface area contributed by atoms with Crippen molar-refractivity contribution in [1.29, 1.82) is 0 Å². The molecule has 6 nitrogen and oxygen atoms in total. The Bertz CT molecular complexity index is 435. The molecule has 0 aliphatic heterocycles. The molecule has 19 heavy (non-hydrogen) atoms. The number of nitro groups is 1. The minimum absolute atomic E-state index is 0.0364. The molecule has 1 rings (SSSR count). The fourth-order valence-corrected chi connectivity index (χ4v) is 1.59. The molecule has 106 valence electrons. The summed E-state index contributed by atoms with van der Waals surface area (Å²) in [7, 11) is 0. The Labute approximate surface area is 113 Å². The highest BCUT2D eigenvalue weighted by Gasteiger charge is 2.12. The van der Waals surface area contributed by atoms with Gasteiger partial charge in [0.2, 0.25) is 0 Å². The highest BCUT2D eigenvalue weighted by molar-refractivity contribution is 5.47. The van der Waals surface area contributed by atoms with Crippen LogP contribution < -0.4 is 5.32 Å². The molecule has 1 heterocycles. The number of hydrogen-bond acceptors (Lipinski definition) is 5. The predicted octanol–water partition coefficient (Wildman–Crippen LogP) is 2.77. The number of rotatable bonds is 7. The molecule has 0 bridgehead atoms. The van der Waals surface area contributed by atoms with Crippen molar-refractivity contribution in [2.24, 2.45) is 5.92 Å². The first-order valence-electron chi connectivity index (χ1n) is 6.35. The van der Waals surface area contributed by atoms with Gasteiger partial charge < -0.3 is 10.1 Å². The van der Waals surface area contributed by atoms with Crippen molar-refractivity contribution < 1.29 is 9.66 Å². The third kappa shape index (κ3) is 5.21. The third-order valence-electron chi connectivity index (χ3n) is 2.49. The van der Waals surface area contributed by atoms with Gasteiger partial charge in [0, 0.05) is 18.2 Å². The van der Waals surface area contributed by atoms with E-state index in [0.29, 0.717) is 23.9 Å². The number of ether oxygens (including phenoxy) is 1. The molecule has 1 aromatic heterocycles. The quantitative estimate of drug-likeness (QED) is 0.607. The van der Waals surface area contributed by atoms with E-state index in [0.717, 1.165) is 6.61 Å². The van der Waals surface area contributed by atoms with E-state index in [2.05, 4.69) is 24.1 Å².